The first-order valence-electron chi connectivity index (χ1n) is 4.65. The molecule has 1 saturated carbocycles. The molecule has 0 radical (unpaired) electrons. The van der Waals surface area contributed by atoms with Crippen LogP contribution in [0, 0.1) is 5.92 Å². The van der Waals surface area contributed by atoms with E-state index < -0.39 is 0 Å². The first-order valence-corrected chi connectivity index (χ1v) is 4.65. The fraction of sp³-hybridized carbons (Fsp3) is 0.889. The third kappa shape index (κ3) is 3.22. The van der Waals surface area contributed by atoms with E-state index in [0.29, 0.717) is 12.5 Å². The third-order valence-corrected chi connectivity index (χ3v) is 1.98. The van der Waals surface area contributed by atoms with Crippen LogP contribution in [0.4, 0.5) is 0 Å². The largest absolute Gasteiger partial charge is 0.387 e. The minimum atomic E-state index is 0.201. The van der Waals surface area contributed by atoms with Crippen molar-refractivity contribution in [1.82, 2.24) is 0 Å². The van der Waals surface area contributed by atoms with Gasteiger partial charge in [-0.2, -0.15) is 0 Å². The molecule has 70 valence electrons. The van der Waals surface area contributed by atoms with E-state index >= 15 is 0 Å². The van der Waals surface area contributed by atoms with Crippen molar-refractivity contribution in [3.8, 4) is 0 Å². The van der Waals surface area contributed by atoms with Crippen molar-refractivity contribution >= 4 is 5.84 Å². The third-order valence-electron chi connectivity index (χ3n) is 1.98. The molecule has 0 aromatic heterocycles. The van der Waals surface area contributed by atoms with E-state index in [0.717, 1.165) is 12.4 Å². The van der Waals surface area contributed by atoms with Gasteiger partial charge in [0.1, 0.15) is 0 Å². The summed E-state index contributed by atoms with van der Waals surface area (Å²) in [5, 5.41) is 0. The van der Waals surface area contributed by atoms with Gasteiger partial charge in [0.25, 0.3) is 0 Å². The van der Waals surface area contributed by atoms with Crippen LogP contribution in [-0.4, -0.2) is 25.1 Å². The Hall–Kier alpha value is -0.570. The first kappa shape index (κ1) is 9.52. The van der Waals surface area contributed by atoms with Gasteiger partial charge in [0.05, 0.1) is 18.5 Å². The molecule has 1 rings (SSSR count). The molecule has 0 heterocycles. The Morgan fingerprint density at radius 2 is 2.33 bits per heavy atom. The van der Waals surface area contributed by atoms with Gasteiger partial charge in [-0.3, -0.25) is 4.99 Å². The van der Waals surface area contributed by atoms with Gasteiger partial charge in [-0.15, -0.1) is 0 Å². The Kier molecular flexibility index (Phi) is 3.53. The Balaban J connectivity index is 2.17. The molecule has 3 heteroatoms. The van der Waals surface area contributed by atoms with Crippen LogP contribution in [0.25, 0.3) is 0 Å². The zero-order chi connectivity index (χ0) is 8.97. The van der Waals surface area contributed by atoms with Crippen molar-refractivity contribution in [3.63, 3.8) is 0 Å². The van der Waals surface area contributed by atoms with Crippen molar-refractivity contribution in [2.45, 2.75) is 32.8 Å². The lowest BCUT2D eigenvalue weighted by atomic mass is 10.3. The topological polar surface area (TPSA) is 47.6 Å². The number of nitrogens with zero attached hydrogens (tertiary/aromatic N) is 1. The molecular formula is C9H18N2O. The molecule has 0 aliphatic heterocycles. The van der Waals surface area contributed by atoms with Crippen molar-refractivity contribution < 1.29 is 4.74 Å². The highest BCUT2D eigenvalue weighted by Crippen LogP contribution is 2.28. The highest BCUT2D eigenvalue weighted by atomic mass is 16.5. The van der Waals surface area contributed by atoms with Crippen LogP contribution in [0.2, 0.25) is 0 Å². The maximum atomic E-state index is 5.72. The van der Waals surface area contributed by atoms with Crippen LogP contribution in [0.5, 0.6) is 0 Å². The SMILES string of the molecule is CCOC(C)CN=C(N)C1CC1. The number of nitrogens with two attached hydrogens (primary N) is 1. The number of amidine groups is 1. The zero-order valence-corrected chi connectivity index (χ0v) is 7.92. The van der Waals surface area contributed by atoms with E-state index in [2.05, 4.69) is 4.99 Å². The molecule has 0 saturated heterocycles. The molecule has 0 spiro atoms. The standard InChI is InChI=1S/C9H18N2O/c1-3-12-7(2)6-11-9(10)8-4-5-8/h7-8H,3-6H2,1-2H3,(H2,10,11). The van der Waals surface area contributed by atoms with Crippen molar-refractivity contribution in [1.29, 1.82) is 0 Å². The van der Waals surface area contributed by atoms with Crippen LogP contribution >= 0.6 is 0 Å². The smallest absolute Gasteiger partial charge is 0.0969 e. The number of hydrogen-bond acceptors (Lipinski definition) is 2. The molecule has 1 fully saturated rings. The van der Waals surface area contributed by atoms with E-state index in [4.69, 9.17) is 10.5 Å². The molecule has 0 amide bonds. The number of hydrogen-bond donors (Lipinski definition) is 1. The van der Waals surface area contributed by atoms with Crippen LogP contribution in [0.1, 0.15) is 26.7 Å². The Labute approximate surface area is 74.0 Å². The average Bonchev–Trinajstić information content (AvgIpc) is 2.83. The normalized spacial score (nSPS) is 21.0. The van der Waals surface area contributed by atoms with Gasteiger partial charge >= 0.3 is 0 Å². The highest BCUT2D eigenvalue weighted by molar-refractivity contribution is 5.84. The maximum absolute atomic E-state index is 5.72. The van der Waals surface area contributed by atoms with Crippen molar-refractivity contribution in [2.24, 2.45) is 16.6 Å². The summed E-state index contributed by atoms with van der Waals surface area (Å²) < 4.78 is 5.33. The summed E-state index contributed by atoms with van der Waals surface area (Å²) in [4.78, 5) is 4.27. The Morgan fingerprint density at radius 1 is 1.67 bits per heavy atom. The lowest BCUT2D eigenvalue weighted by Crippen LogP contribution is -2.19. The van der Waals surface area contributed by atoms with Gasteiger partial charge in [-0.05, 0) is 26.7 Å². The highest BCUT2D eigenvalue weighted by Gasteiger charge is 2.25. The molecule has 12 heavy (non-hydrogen) atoms. The van der Waals surface area contributed by atoms with E-state index in [1.54, 1.807) is 0 Å². The average molecular weight is 170 g/mol. The first-order chi connectivity index (χ1) is 5.74. The lowest BCUT2D eigenvalue weighted by molar-refractivity contribution is 0.0829. The molecule has 3 nitrogen and oxygen atoms in total. The van der Waals surface area contributed by atoms with Crippen LogP contribution in [0.15, 0.2) is 4.99 Å². The number of rotatable bonds is 5. The summed E-state index contributed by atoms with van der Waals surface area (Å²) in [6, 6.07) is 0. The van der Waals surface area contributed by atoms with Gasteiger partial charge in [0, 0.05) is 12.5 Å². The van der Waals surface area contributed by atoms with Crippen molar-refractivity contribution in [2.75, 3.05) is 13.2 Å². The lowest BCUT2D eigenvalue weighted by Gasteiger charge is -2.08. The van der Waals surface area contributed by atoms with Crippen LogP contribution in [0.3, 0.4) is 0 Å². The molecular weight excluding hydrogens is 152 g/mol. The number of ether oxygens (including phenoxy) is 1. The fourth-order valence-electron chi connectivity index (χ4n) is 1.08. The van der Waals surface area contributed by atoms with E-state index in [-0.39, 0.29) is 6.10 Å². The van der Waals surface area contributed by atoms with E-state index in [1.807, 2.05) is 13.8 Å². The summed E-state index contributed by atoms with van der Waals surface area (Å²) in [6.07, 6.45) is 2.64. The Morgan fingerprint density at radius 3 is 2.83 bits per heavy atom. The van der Waals surface area contributed by atoms with Crippen LogP contribution < -0.4 is 5.73 Å². The van der Waals surface area contributed by atoms with Gasteiger partial charge < -0.3 is 10.5 Å². The fourth-order valence-corrected chi connectivity index (χ4v) is 1.08. The Bertz CT molecular complexity index is 164. The van der Waals surface area contributed by atoms with E-state index in [9.17, 15) is 0 Å². The summed E-state index contributed by atoms with van der Waals surface area (Å²) >= 11 is 0. The predicted molar refractivity (Wildman–Crippen MR) is 50.3 cm³/mol. The van der Waals surface area contributed by atoms with E-state index in [1.165, 1.54) is 12.8 Å². The van der Waals surface area contributed by atoms with Gasteiger partial charge in [0.2, 0.25) is 0 Å². The zero-order valence-electron chi connectivity index (χ0n) is 7.92. The monoisotopic (exact) mass is 170 g/mol. The molecule has 2 N–H and O–H groups in total. The van der Waals surface area contributed by atoms with Crippen LogP contribution in [-0.2, 0) is 4.74 Å². The quantitative estimate of drug-likeness (QED) is 0.497. The molecule has 0 aromatic carbocycles. The molecule has 1 atom stereocenters. The number of aliphatic imine (C=N–C) groups is 1. The molecule has 1 unspecified atom stereocenters. The summed E-state index contributed by atoms with van der Waals surface area (Å²) in [7, 11) is 0. The summed E-state index contributed by atoms with van der Waals surface area (Å²) in [5.41, 5.74) is 5.72. The molecule has 1 aliphatic rings. The second kappa shape index (κ2) is 4.45. The minimum absolute atomic E-state index is 0.201. The summed E-state index contributed by atoms with van der Waals surface area (Å²) in [5.74, 6) is 1.40. The molecule has 1 aliphatic carbocycles. The molecule has 0 bridgehead atoms. The van der Waals surface area contributed by atoms with Gasteiger partial charge in [-0.1, -0.05) is 0 Å². The van der Waals surface area contributed by atoms with Gasteiger partial charge in [-0.25, -0.2) is 0 Å². The maximum Gasteiger partial charge on any atom is 0.0969 e. The van der Waals surface area contributed by atoms with Crippen molar-refractivity contribution in [3.05, 3.63) is 0 Å². The molecule has 0 aromatic rings. The predicted octanol–water partition coefficient (Wildman–Crippen LogP) is 1.18. The summed E-state index contributed by atoms with van der Waals surface area (Å²) in [6.45, 7) is 5.47. The minimum Gasteiger partial charge on any atom is -0.387 e. The van der Waals surface area contributed by atoms with Gasteiger partial charge in [0.15, 0.2) is 0 Å². The second-order valence-corrected chi connectivity index (χ2v) is 3.31. The second-order valence-electron chi connectivity index (χ2n) is 3.31.